The van der Waals surface area contributed by atoms with Gasteiger partial charge in [-0.25, -0.2) is 21.6 Å². The van der Waals surface area contributed by atoms with Crippen LogP contribution in [-0.2, 0) is 41.5 Å². The Bertz CT molecular complexity index is 2220. The Morgan fingerprint density at radius 1 is 0.939 bits per heavy atom. The number of fused-ring (bicyclic) bond motifs is 1. The number of rotatable bonds is 12. The molecule has 2 aromatic heterocycles. The van der Waals surface area contributed by atoms with Crippen LogP contribution in [0.15, 0.2) is 100 Å². The summed E-state index contributed by atoms with van der Waals surface area (Å²) in [6, 6.07) is 18.4. The smallest absolute Gasteiger partial charge is 0.422 e. The van der Waals surface area contributed by atoms with Gasteiger partial charge in [-0.3, -0.25) is 4.98 Å². The molecule has 17 heteroatoms. The number of hydrogen-bond donors (Lipinski definition) is 0. The summed E-state index contributed by atoms with van der Waals surface area (Å²) in [6.45, 7) is 1.21. The number of sulfone groups is 1. The van der Waals surface area contributed by atoms with Gasteiger partial charge in [0.25, 0.3) is 10.0 Å². The number of aryl methyl sites for hydroxylation is 1. The van der Waals surface area contributed by atoms with Gasteiger partial charge >= 0.3 is 17.3 Å². The standard InChI is InChI=1S/C32H28F3N3O8S3/c1-21-10-12-24(13-11-21)48(41,42)17-16-45-30(39)23-6-5-7-25(18-23)49(43,44)38-28-9-4-3-8-26(28)37-31(38)47(40)19-27-22(2)29(14-15-36-27)46-20-32(33,34)35/h3-15,18H,16-17,19-20H2,1-2H3. The third-order valence-corrected chi connectivity index (χ3v) is 11.9. The number of benzene rings is 3. The zero-order valence-corrected chi connectivity index (χ0v) is 28.3. The van der Waals surface area contributed by atoms with E-state index in [0.717, 1.165) is 15.6 Å². The molecule has 0 saturated carbocycles. The zero-order chi connectivity index (χ0) is 35.6. The van der Waals surface area contributed by atoms with Crippen molar-refractivity contribution >= 4 is 48.0 Å². The molecule has 0 bridgehead atoms. The second-order valence-electron chi connectivity index (χ2n) is 10.7. The summed E-state index contributed by atoms with van der Waals surface area (Å²) in [6.07, 6.45) is -3.40. The molecule has 11 nitrogen and oxygen atoms in total. The fraction of sp³-hybridized carbons (Fsp3) is 0.219. The lowest BCUT2D eigenvalue weighted by Crippen LogP contribution is -2.22. The number of aromatic nitrogens is 3. The molecule has 5 rings (SSSR count). The van der Waals surface area contributed by atoms with Crippen LogP contribution >= 0.6 is 0 Å². The maximum Gasteiger partial charge on any atom is 0.422 e. The Kier molecular flexibility index (Phi) is 10.4. The first kappa shape index (κ1) is 35.8. The minimum Gasteiger partial charge on any atom is -0.609 e. The van der Waals surface area contributed by atoms with Gasteiger partial charge in [0.05, 0.1) is 37.8 Å². The van der Waals surface area contributed by atoms with Crippen LogP contribution in [-0.4, -0.2) is 66.4 Å². The lowest BCUT2D eigenvalue weighted by molar-refractivity contribution is -0.153. The number of esters is 1. The summed E-state index contributed by atoms with van der Waals surface area (Å²) in [4.78, 5) is 21.0. The molecule has 2 heterocycles. The third-order valence-electron chi connectivity index (χ3n) is 7.19. The van der Waals surface area contributed by atoms with Gasteiger partial charge in [0.2, 0.25) is 0 Å². The molecule has 1 atom stereocenters. The quantitative estimate of drug-likeness (QED) is 0.124. The van der Waals surface area contributed by atoms with Gasteiger partial charge < -0.3 is 14.0 Å². The van der Waals surface area contributed by atoms with Gasteiger partial charge in [-0.1, -0.05) is 35.9 Å². The molecule has 0 amide bonds. The molecule has 0 N–H and O–H groups in total. The lowest BCUT2D eigenvalue weighted by Gasteiger charge is -2.16. The van der Waals surface area contributed by atoms with E-state index >= 15 is 0 Å². The minimum atomic E-state index is -4.59. The first-order valence-electron chi connectivity index (χ1n) is 14.4. The highest BCUT2D eigenvalue weighted by Crippen LogP contribution is 2.30. The average molecular weight is 736 g/mol. The number of para-hydroxylation sites is 2. The highest BCUT2D eigenvalue weighted by Gasteiger charge is 2.33. The van der Waals surface area contributed by atoms with E-state index in [1.54, 1.807) is 24.3 Å². The largest absolute Gasteiger partial charge is 0.609 e. The summed E-state index contributed by atoms with van der Waals surface area (Å²) < 4.78 is 116. The Hall–Kier alpha value is -4.45. The van der Waals surface area contributed by atoms with Crippen molar-refractivity contribution in [3.05, 3.63) is 107 Å². The number of nitrogens with zero attached hydrogens (tertiary/aromatic N) is 3. The van der Waals surface area contributed by atoms with Crippen LogP contribution < -0.4 is 4.74 Å². The number of hydrogen-bond acceptors (Lipinski definition) is 10. The topological polar surface area (TPSA) is 158 Å². The summed E-state index contributed by atoms with van der Waals surface area (Å²) in [5.41, 5.74) is 1.24. The van der Waals surface area contributed by atoms with Gasteiger partial charge in [0.15, 0.2) is 22.2 Å². The normalized spacial score (nSPS) is 12.9. The average Bonchev–Trinajstić information content (AvgIpc) is 3.46. The van der Waals surface area contributed by atoms with Gasteiger partial charge in [0, 0.05) is 22.9 Å². The van der Waals surface area contributed by atoms with Gasteiger partial charge in [0.1, 0.15) is 12.4 Å². The molecule has 1 unspecified atom stereocenters. The van der Waals surface area contributed by atoms with Crippen LogP contribution in [0.4, 0.5) is 13.2 Å². The van der Waals surface area contributed by atoms with Crippen molar-refractivity contribution in [3.63, 3.8) is 0 Å². The molecule has 49 heavy (non-hydrogen) atoms. The number of alkyl halides is 3. The monoisotopic (exact) mass is 735 g/mol. The number of pyridine rings is 1. The molecule has 5 aromatic rings. The minimum absolute atomic E-state index is 0.0661. The van der Waals surface area contributed by atoms with Crippen molar-refractivity contribution in [2.24, 2.45) is 0 Å². The number of ether oxygens (including phenoxy) is 2. The van der Waals surface area contributed by atoms with Crippen molar-refractivity contribution in [2.75, 3.05) is 19.0 Å². The fourth-order valence-corrected chi connectivity index (χ4v) is 8.83. The molecule has 0 aliphatic rings. The van der Waals surface area contributed by atoms with Crippen molar-refractivity contribution in [2.45, 2.75) is 40.7 Å². The Morgan fingerprint density at radius 2 is 1.65 bits per heavy atom. The Balaban J connectivity index is 1.40. The van der Waals surface area contributed by atoms with E-state index in [2.05, 4.69) is 9.97 Å². The molecule has 0 aliphatic heterocycles. The summed E-state index contributed by atoms with van der Waals surface area (Å²) in [5, 5.41) is -0.390. The maximum atomic E-state index is 14.1. The van der Waals surface area contributed by atoms with E-state index in [9.17, 15) is 39.4 Å². The second kappa shape index (κ2) is 14.2. The highest BCUT2D eigenvalue weighted by atomic mass is 32.2. The first-order chi connectivity index (χ1) is 23.1. The predicted octanol–water partition coefficient (Wildman–Crippen LogP) is 5.16. The van der Waals surface area contributed by atoms with Crippen molar-refractivity contribution in [1.29, 1.82) is 0 Å². The Labute approximate surface area is 282 Å². The van der Waals surface area contributed by atoms with E-state index in [1.807, 2.05) is 6.92 Å². The zero-order valence-electron chi connectivity index (χ0n) is 25.9. The SMILES string of the molecule is Cc1ccc(S(=O)(=O)CCOC(=O)c2cccc(S(=O)(=O)n3c([S+]([O-])Cc4nccc(OCC(F)(F)F)c4C)nc4ccccc43)c2)cc1. The summed E-state index contributed by atoms with van der Waals surface area (Å²) in [5.74, 6) is -2.01. The van der Waals surface area contributed by atoms with E-state index in [1.165, 1.54) is 61.7 Å². The van der Waals surface area contributed by atoms with Gasteiger partial charge in [-0.15, -0.1) is 0 Å². The highest BCUT2D eigenvalue weighted by molar-refractivity contribution is 7.93. The molecular formula is C32H28F3N3O8S3. The van der Waals surface area contributed by atoms with Crippen LogP contribution in [0.25, 0.3) is 11.0 Å². The Morgan fingerprint density at radius 3 is 2.37 bits per heavy atom. The van der Waals surface area contributed by atoms with Crippen LogP contribution in [0.2, 0.25) is 0 Å². The van der Waals surface area contributed by atoms with Crippen LogP contribution in [0.5, 0.6) is 5.75 Å². The molecule has 0 saturated heterocycles. The number of halogens is 3. The van der Waals surface area contributed by atoms with E-state index in [4.69, 9.17) is 9.47 Å². The maximum absolute atomic E-state index is 14.1. The van der Waals surface area contributed by atoms with Crippen LogP contribution in [0.1, 0.15) is 27.2 Å². The first-order valence-corrected chi connectivity index (χ1v) is 18.8. The van der Waals surface area contributed by atoms with Crippen LogP contribution in [0, 0.1) is 13.8 Å². The van der Waals surface area contributed by atoms with E-state index in [-0.39, 0.29) is 43.4 Å². The molecule has 0 aliphatic carbocycles. The van der Waals surface area contributed by atoms with Gasteiger partial charge in [-0.2, -0.15) is 22.1 Å². The molecule has 3 aromatic carbocycles. The number of imidazole rings is 1. The van der Waals surface area contributed by atoms with Gasteiger partial charge in [-0.05, 0) is 62.4 Å². The van der Waals surface area contributed by atoms with E-state index < -0.39 is 73.1 Å². The number of carbonyl (C=O) groups is 1. The molecule has 258 valence electrons. The summed E-state index contributed by atoms with van der Waals surface area (Å²) in [7, 11) is -8.34. The predicted molar refractivity (Wildman–Crippen MR) is 173 cm³/mol. The van der Waals surface area contributed by atoms with Crippen molar-refractivity contribution in [3.8, 4) is 5.75 Å². The molecule has 0 spiro atoms. The van der Waals surface area contributed by atoms with Crippen LogP contribution in [0.3, 0.4) is 0 Å². The summed E-state index contributed by atoms with van der Waals surface area (Å²) >= 11 is -2.20. The van der Waals surface area contributed by atoms with Crippen molar-refractivity contribution in [1.82, 2.24) is 13.9 Å². The third kappa shape index (κ3) is 8.24. The fourth-order valence-electron chi connectivity index (χ4n) is 4.65. The molecular weight excluding hydrogens is 708 g/mol. The molecule has 0 fully saturated rings. The second-order valence-corrected chi connectivity index (χ2v) is 16.0. The lowest BCUT2D eigenvalue weighted by atomic mass is 10.2. The van der Waals surface area contributed by atoms with E-state index in [0.29, 0.717) is 0 Å². The molecule has 0 radical (unpaired) electrons. The number of carbonyl (C=O) groups excluding carboxylic acids is 1. The van der Waals surface area contributed by atoms with Crippen molar-refractivity contribution < 1.29 is 48.8 Å².